The standard InChI is InChI=1S/C28H39N3O5/c1-18(2)34-27(32)21-8-7-11-24(16-21)35-23-14-12-20(13-15-23)26-25(19(3)30-36-26)17-29-28(33)31(4)22-9-5-6-10-22/h12-15,18,21-22,24H,5-11,16-17H2,1-4H3,(H,29,33)/t21-,24-/m0/s1. The van der Waals surface area contributed by atoms with E-state index in [2.05, 4.69) is 10.5 Å². The zero-order valence-electron chi connectivity index (χ0n) is 21.9. The van der Waals surface area contributed by atoms with Crippen molar-refractivity contribution in [3.63, 3.8) is 0 Å². The fourth-order valence-electron chi connectivity index (χ4n) is 5.24. The maximum Gasteiger partial charge on any atom is 0.317 e. The zero-order valence-corrected chi connectivity index (χ0v) is 21.9. The van der Waals surface area contributed by atoms with Gasteiger partial charge >= 0.3 is 12.0 Å². The van der Waals surface area contributed by atoms with Gasteiger partial charge in [-0.3, -0.25) is 4.79 Å². The Hall–Kier alpha value is -3.03. The molecule has 0 aliphatic heterocycles. The summed E-state index contributed by atoms with van der Waals surface area (Å²) in [5.74, 6) is 1.18. The Bertz CT molecular complexity index is 1030. The first-order valence-corrected chi connectivity index (χ1v) is 13.2. The maximum absolute atomic E-state index is 12.7. The molecule has 1 aromatic carbocycles. The van der Waals surface area contributed by atoms with E-state index in [0.29, 0.717) is 24.8 Å². The monoisotopic (exact) mass is 497 g/mol. The summed E-state index contributed by atoms with van der Waals surface area (Å²) in [4.78, 5) is 26.8. The van der Waals surface area contributed by atoms with Crippen LogP contribution in [0.3, 0.4) is 0 Å². The molecule has 2 aliphatic rings. The third-order valence-electron chi connectivity index (χ3n) is 7.32. The van der Waals surface area contributed by atoms with Crippen LogP contribution in [-0.4, -0.2) is 47.4 Å². The van der Waals surface area contributed by atoms with Crippen LogP contribution in [0.4, 0.5) is 4.79 Å². The highest BCUT2D eigenvalue weighted by Gasteiger charge is 2.30. The molecule has 2 atom stereocenters. The topological polar surface area (TPSA) is 93.9 Å². The van der Waals surface area contributed by atoms with E-state index in [1.54, 1.807) is 0 Å². The third kappa shape index (κ3) is 6.39. The molecular weight excluding hydrogens is 458 g/mol. The van der Waals surface area contributed by atoms with Gasteiger partial charge in [-0.05, 0) is 83.6 Å². The van der Waals surface area contributed by atoms with Crippen molar-refractivity contribution in [2.45, 2.75) is 96.9 Å². The van der Waals surface area contributed by atoms with Crippen molar-refractivity contribution in [1.82, 2.24) is 15.4 Å². The van der Waals surface area contributed by atoms with Crippen molar-refractivity contribution < 1.29 is 23.6 Å². The number of urea groups is 1. The molecule has 2 amide bonds. The lowest BCUT2D eigenvalue weighted by Gasteiger charge is -2.29. The number of hydrogen-bond donors (Lipinski definition) is 1. The van der Waals surface area contributed by atoms with Gasteiger partial charge in [0.2, 0.25) is 0 Å². The highest BCUT2D eigenvalue weighted by Crippen LogP contribution is 2.32. The van der Waals surface area contributed by atoms with E-state index < -0.39 is 0 Å². The minimum atomic E-state index is -0.122. The minimum absolute atomic E-state index is 0.00975. The normalized spacial score (nSPS) is 20.4. The molecule has 2 aliphatic carbocycles. The van der Waals surface area contributed by atoms with E-state index >= 15 is 0 Å². The Kier molecular flexibility index (Phi) is 8.54. The summed E-state index contributed by atoms with van der Waals surface area (Å²) in [6.45, 7) is 5.99. The van der Waals surface area contributed by atoms with Crippen LogP contribution in [-0.2, 0) is 16.1 Å². The number of nitrogens with one attached hydrogen (secondary N) is 1. The van der Waals surface area contributed by atoms with E-state index in [0.717, 1.165) is 54.7 Å². The van der Waals surface area contributed by atoms with Crippen LogP contribution in [0.15, 0.2) is 28.8 Å². The smallest absolute Gasteiger partial charge is 0.317 e. The Morgan fingerprint density at radius 2 is 1.83 bits per heavy atom. The molecule has 1 heterocycles. The van der Waals surface area contributed by atoms with Gasteiger partial charge in [0, 0.05) is 24.2 Å². The first-order chi connectivity index (χ1) is 17.3. The number of esters is 1. The second kappa shape index (κ2) is 11.8. The van der Waals surface area contributed by atoms with Gasteiger partial charge in [0.1, 0.15) is 5.75 Å². The Morgan fingerprint density at radius 3 is 2.53 bits per heavy atom. The summed E-state index contributed by atoms with van der Waals surface area (Å²) in [6, 6.07) is 7.97. The number of carbonyl (C=O) groups is 2. The largest absolute Gasteiger partial charge is 0.490 e. The van der Waals surface area contributed by atoms with Gasteiger partial charge in [0.15, 0.2) is 5.76 Å². The lowest BCUT2D eigenvalue weighted by atomic mass is 9.87. The summed E-state index contributed by atoms with van der Waals surface area (Å²) < 4.78 is 17.2. The van der Waals surface area contributed by atoms with Crippen molar-refractivity contribution in [3.05, 3.63) is 35.5 Å². The van der Waals surface area contributed by atoms with Gasteiger partial charge in [-0.2, -0.15) is 0 Å². The number of nitrogens with zero attached hydrogens (tertiary/aromatic N) is 2. The van der Waals surface area contributed by atoms with E-state index in [-0.39, 0.29) is 30.1 Å². The quantitative estimate of drug-likeness (QED) is 0.476. The molecule has 1 N–H and O–H groups in total. The average Bonchev–Trinajstić information content (AvgIpc) is 3.52. The summed E-state index contributed by atoms with van der Waals surface area (Å²) >= 11 is 0. The zero-order chi connectivity index (χ0) is 25.7. The molecule has 36 heavy (non-hydrogen) atoms. The van der Waals surface area contributed by atoms with Crippen LogP contribution in [0.2, 0.25) is 0 Å². The van der Waals surface area contributed by atoms with Gasteiger partial charge in [0.05, 0.1) is 30.4 Å². The molecule has 0 saturated heterocycles. The number of carbonyl (C=O) groups excluding carboxylic acids is 2. The number of ether oxygens (including phenoxy) is 2. The van der Waals surface area contributed by atoms with E-state index in [1.165, 1.54) is 12.8 Å². The van der Waals surface area contributed by atoms with Gasteiger partial charge in [-0.1, -0.05) is 18.0 Å². The highest BCUT2D eigenvalue weighted by molar-refractivity contribution is 5.75. The summed E-state index contributed by atoms with van der Waals surface area (Å²) in [6.07, 6.45) is 7.79. The Morgan fingerprint density at radius 1 is 1.11 bits per heavy atom. The minimum Gasteiger partial charge on any atom is -0.490 e. The summed E-state index contributed by atoms with van der Waals surface area (Å²) in [5.41, 5.74) is 2.50. The lowest BCUT2D eigenvalue weighted by molar-refractivity contribution is -0.154. The van der Waals surface area contributed by atoms with Crippen molar-refractivity contribution in [1.29, 1.82) is 0 Å². The average molecular weight is 498 g/mol. The van der Waals surface area contributed by atoms with Crippen LogP contribution in [0.5, 0.6) is 5.75 Å². The molecule has 0 bridgehead atoms. The van der Waals surface area contributed by atoms with Crippen LogP contribution >= 0.6 is 0 Å². The Labute approximate surface area is 213 Å². The van der Waals surface area contributed by atoms with Gasteiger partial charge in [-0.15, -0.1) is 0 Å². The van der Waals surface area contributed by atoms with Crippen molar-refractivity contribution in [2.75, 3.05) is 7.05 Å². The molecule has 1 aromatic heterocycles. The van der Waals surface area contributed by atoms with Crippen LogP contribution in [0.1, 0.15) is 76.5 Å². The number of aromatic nitrogens is 1. The number of aryl methyl sites for hydroxylation is 1. The number of benzene rings is 1. The molecule has 0 radical (unpaired) electrons. The maximum atomic E-state index is 12.7. The number of rotatable bonds is 8. The first-order valence-electron chi connectivity index (χ1n) is 13.2. The Balaban J connectivity index is 1.35. The van der Waals surface area contributed by atoms with Crippen LogP contribution in [0, 0.1) is 12.8 Å². The molecule has 8 heteroatoms. The fraction of sp³-hybridized carbons (Fsp3) is 0.607. The molecule has 8 nitrogen and oxygen atoms in total. The molecule has 2 fully saturated rings. The van der Waals surface area contributed by atoms with E-state index in [1.807, 2.05) is 57.0 Å². The predicted octanol–water partition coefficient (Wildman–Crippen LogP) is 5.62. The van der Waals surface area contributed by atoms with Gasteiger partial charge in [0.25, 0.3) is 0 Å². The lowest BCUT2D eigenvalue weighted by Crippen LogP contribution is -2.42. The second-order valence-corrected chi connectivity index (χ2v) is 10.4. The van der Waals surface area contributed by atoms with Crippen molar-refractivity contribution in [3.8, 4) is 17.1 Å². The molecule has 0 unspecified atom stereocenters. The molecular formula is C28H39N3O5. The number of hydrogen-bond acceptors (Lipinski definition) is 6. The molecule has 4 rings (SSSR count). The highest BCUT2D eigenvalue weighted by atomic mass is 16.5. The number of amides is 2. The summed E-state index contributed by atoms with van der Waals surface area (Å²) in [7, 11) is 1.87. The molecule has 0 spiro atoms. The molecule has 196 valence electrons. The summed E-state index contributed by atoms with van der Waals surface area (Å²) in [5, 5.41) is 7.17. The first kappa shape index (κ1) is 26.0. The fourth-order valence-corrected chi connectivity index (χ4v) is 5.24. The van der Waals surface area contributed by atoms with Crippen LogP contribution < -0.4 is 10.1 Å². The third-order valence-corrected chi connectivity index (χ3v) is 7.32. The van der Waals surface area contributed by atoms with E-state index in [9.17, 15) is 9.59 Å². The molecule has 2 saturated carbocycles. The SMILES string of the molecule is Cc1noc(-c2ccc(O[C@H]3CCC[C@H](C(=O)OC(C)C)C3)cc2)c1CNC(=O)N(C)C1CCCC1. The second-order valence-electron chi connectivity index (χ2n) is 10.4. The molecule has 2 aromatic rings. The van der Waals surface area contributed by atoms with Gasteiger partial charge in [-0.25, -0.2) is 4.79 Å². The van der Waals surface area contributed by atoms with Gasteiger partial charge < -0.3 is 24.2 Å². The van der Waals surface area contributed by atoms with Crippen molar-refractivity contribution >= 4 is 12.0 Å². The van der Waals surface area contributed by atoms with E-state index in [4.69, 9.17) is 14.0 Å². The van der Waals surface area contributed by atoms with Crippen molar-refractivity contribution in [2.24, 2.45) is 5.92 Å². The predicted molar refractivity (Wildman–Crippen MR) is 137 cm³/mol. The van der Waals surface area contributed by atoms with Crippen LogP contribution in [0.25, 0.3) is 11.3 Å².